The van der Waals surface area contributed by atoms with Crippen molar-refractivity contribution >= 4 is 0 Å². The second-order valence-corrected chi connectivity index (χ2v) is 3.49. The Kier molecular flexibility index (Phi) is 7.16. The van der Waals surface area contributed by atoms with Crippen molar-refractivity contribution < 1.29 is 32.7 Å². The van der Waals surface area contributed by atoms with Crippen LogP contribution >= 0.6 is 0 Å². The molecule has 0 aliphatic rings. The molecule has 0 N–H and O–H groups in total. The van der Waals surface area contributed by atoms with Crippen LogP contribution in [0.25, 0.3) is 0 Å². The van der Waals surface area contributed by atoms with Gasteiger partial charge in [-0.1, -0.05) is 26.8 Å². The van der Waals surface area contributed by atoms with Gasteiger partial charge in [0.25, 0.3) is 0 Å². The van der Waals surface area contributed by atoms with Gasteiger partial charge in [0.2, 0.25) is 0 Å². The molecule has 0 bridgehead atoms. The van der Waals surface area contributed by atoms with Crippen molar-refractivity contribution in [2.45, 2.75) is 26.2 Å². The summed E-state index contributed by atoms with van der Waals surface area (Å²) >= 11 is 0. The first-order chi connectivity index (χ1) is 4.61. The molecule has 1 heterocycles. The SMILES string of the molecule is CC(C)(C)c1cccnc1.[CH3-].[Y]. The smallest absolute Gasteiger partial charge is 0.0305 e. The van der Waals surface area contributed by atoms with E-state index in [1.165, 1.54) is 5.56 Å². The quantitative estimate of drug-likeness (QED) is 0.634. The first-order valence-electron chi connectivity index (χ1n) is 3.51. The van der Waals surface area contributed by atoms with E-state index < -0.39 is 0 Å². The van der Waals surface area contributed by atoms with Crippen molar-refractivity contribution in [3.05, 3.63) is 37.5 Å². The molecule has 1 aromatic rings. The molecule has 0 saturated heterocycles. The monoisotopic (exact) mass is 239 g/mol. The van der Waals surface area contributed by atoms with Crippen LogP contribution in [0.15, 0.2) is 24.5 Å². The van der Waals surface area contributed by atoms with Crippen LogP contribution in [0.2, 0.25) is 0 Å². The van der Waals surface area contributed by atoms with Gasteiger partial charge in [-0.25, -0.2) is 0 Å². The normalized spacial score (nSPS) is 9.58. The summed E-state index contributed by atoms with van der Waals surface area (Å²) in [5.41, 5.74) is 1.52. The maximum atomic E-state index is 4.05. The maximum Gasteiger partial charge on any atom is 0.0305 e. The zero-order valence-corrected chi connectivity index (χ0v) is 11.2. The Bertz CT molecular complexity index is 201. The predicted octanol–water partition coefficient (Wildman–Crippen LogP) is 2.83. The van der Waals surface area contributed by atoms with Crippen molar-refractivity contribution in [3.63, 3.8) is 0 Å². The van der Waals surface area contributed by atoms with Crippen molar-refractivity contribution in [2.75, 3.05) is 0 Å². The fourth-order valence-corrected chi connectivity index (χ4v) is 0.806. The van der Waals surface area contributed by atoms with Gasteiger partial charge in [-0.15, -0.1) is 0 Å². The molecule has 65 valence electrons. The van der Waals surface area contributed by atoms with Gasteiger partial charge < -0.3 is 7.43 Å². The van der Waals surface area contributed by atoms with Crippen LogP contribution in [-0.4, -0.2) is 4.98 Å². The third kappa shape index (κ3) is 4.32. The number of hydrogen-bond donors (Lipinski definition) is 0. The van der Waals surface area contributed by atoms with E-state index in [-0.39, 0.29) is 45.6 Å². The standard InChI is InChI=1S/C9H13N.CH3.Y/c1-9(2,3)8-5-4-6-10-7-8;;/h4-7H,1-3H3;1H3;/q;-1;. The van der Waals surface area contributed by atoms with Crippen LogP contribution in [0, 0.1) is 7.43 Å². The zero-order chi connectivity index (χ0) is 7.61. The van der Waals surface area contributed by atoms with Crippen molar-refractivity contribution in [1.29, 1.82) is 0 Å². The molecule has 12 heavy (non-hydrogen) atoms. The molecular weight excluding hydrogens is 223 g/mol. The Morgan fingerprint density at radius 2 is 1.83 bits per heavy atom. The fraction of sp³-hybridized carbons (Fsp3) is 0.400. The summed E-state index contributed by atoms with van der Waals surface area (Å²) in [5.74, 6) is 0. The van der Waals surface area contributed by atoms with Crippen LogP contribution in [0.5, 0.6) is 0 Å². The van der Waals surface area contributed by atoms with E-state index in [2.05, 4.69) is 31.8 Å². The third-order valence-corrected chi connectivity index (χ3v) is 1.53. The molecule has 0 spiro atoms. The summed E-state index contributed by atoms with van der Waals surface area (Å²) in [6.07, 6.45) is 3.72. The van der Waals surface area contributed by atoms with Crippen LogP contribution in [-0.2, 0) is 38.1 Å². The van der Waals surface area contributed by atoms with E-state index >= 15 is 0 Å². The molecule has 0 aromatic carbocycles. The Hall–Kier alpha value is 0.254. The molecule has 0 saturated carbocycles. The minimum atomic E-state index is 0. The minimum Gasteiger partial charge on any atom is -0.358 e. The number of rotatable bonds is 0. The molecule has 0 aliphatic heterocycles. The summed E-state index contributed by atoms with van der Waals surface area (Å²) in [6, 6.07) is 4.08. The van der Waals surface area contributed by atoms with Crippen LogP contribution in [0.1, 0.15) is 26.3 Å². The molecule has 1 radical (unpaired) electrons. The largest absolute Gasteiger partial charge is 0.358 e. The Morgan fingerprint density at radius 1 is 1.25 bits per heavy atom. The Balaban J connectivity index is 0. The topological polar surface area (TPSA) is 12.9 Å². The summed E-state index contributed by atoms with van der Waals surface area (Å²) in [6.45, 7) is 6.55. The molecule has 0 aliphatic carbocycles. The summed E-state index contributed by atoms with van der Waals surface area (Å²) < 4.78 is 0. The van der Waals surface area contributed by atoms with Crippen molar-refractivity contribution in [2.24, 2.45) is 0 Å². The molecule has 1 aromatic heterocycles. The van der Waals surface area contributed by atoms with E-state index in [1.807, 2.05) is 12.3 Å². The van der Waals surface area contributed by atoms with Gasteiger partial charge in [-0.3, -0.25) is 4.98 Å². The van der Waals surface area contributed by atoms with Crippen LogP contribution in [0.4, 0.5) is 0 Å². The van der Waals surface area contributed by atoms with Gasteiger partial charge in [0.1, 0.15) is 0 Å². The van der Waals surface area contributed by atoms with Gasteiger partial charge in [-0.05, 0) is 17.0 Å². The number of nitrogens with zero attached hydrogens (tertiary/aromatic N) is 1. The minimum absolute atomic E-state index is 0. The first-order valence-corrected chi connectivity index (χ1v) is 3.51. The van der Waals surface area contributed by atoms with E-state index in [4.69, 9.17) is 0 Å². The number of hydrogen-bond acceptors (Lipinski definition) is 1. The molecule has 0 unspecified atom stereocenters. The van der Waals surface area contributed by atoms with E-state index in [0.29, 0.717) is 0 Å². The number of aromatic nitrogens is 1. The van der Waals surface area contributed by atoms with Gasteiger partial charge in [0.05, 0.1) is 0 Å². The first kappa shape index (κ1) is 14.8. The maximum absolute atomic E-state index is 4.05. The van der Waals surface area contributed by atoms with Gasteiger partial charge in [0, 0.05) is 45.1 Å². The summed E-state index contributed by atoms with van der Waals surface area (Å²) in [5, 5.41) is 0. The second kappa shape index (κ2) is 5.82. The summed E-state index contributed by atoms with van der Waals surface area (Å²) in [7, 11) is 0. The molecule has 0 fully saturated rings. The van der Waals surface area contributed by atoms with Gasteiger partial charge >= 0.3 is 0 Å². The van der Waals surface area contributed by atoms with E-state index in [1.54, 1.807) is 6.20 Å². The average Bonchev–Trinajstić information content (AvgIpc) is 1.88. The predicted molar refractivity (Wildman–Crippen MR) is 49.4 cm³/mol. The molecule has 0 atom stereocenters. The molecular formula is C10H16NY-. The Labute approximate surface area is 101 Å². The van der Waals surface area contributed by atoms with Gasteiger partial charge in [0.15, 0.2) is 0 Å². The second-order valence-electron chi connectivity index (χ2n) is 3.49. The van der Waals surface area contributed by atoms with Gasteiger partial charge in [-0.2, -0.15) is 0 Å². The fourth-order valence-electron chi connectivity index (χ4n) is 0.806. The molecule has 1 nitrogen and oxygen atoms in total. The van der Waals surface area contributed by atoms with E-state index in [0.717, 1.165) is 0 Å². The number of pyridine rings is 1. The zero-order valence-electron chi connectivity index (χ0n) is 8.33. The van der Waals surface area contributed by atoms with Crippen LogP contribution in [0.3, 0.4) is 0 Å². The van der Waals surface area contributed by atoms with Crippen LogP contribution < -0.4 is 0 Å². The third-order valence-electron chi connectivity index (χ3n) is 1.53. The van der Waals surface area contributed by atoms with Crippen molar-refractivity contribution in [1.82, 2.24) is 4.98 Å². The van der Waals surface area contributed by atoms with E-state index in [9.17, 15) is 0 Å². The molecule has 1 rings (SSSR count). The average molecular weight is 239 g/mol. The molecule has 0 amide bonds. The van der Waals surface area contributed by atoms with Crippen molar-refractivity contribution in [3.8, 4) is 0 Å². The molecule has 2 heteroatoms. The Morgan fingerprint density at radius 3 is 2.08 bits per heavy atom. The summed E-state index contributed by atoms with van der Waals surface area (Å²) in [4.78, 5) is 4.05.